The molecule has 2 amide bonds. The molecule has 0 aliphatic carbocycles. The molecule has 2 heterocycles. The maximum absolute atomic E-state index is 13.9. The Morgan fingerprint density at radius 2 is 1.20 bits per heavy atom. The highest BCUT2D eigenvalue weighted by molar-refractivity contribution is 7.99. The van der Waals surface area contributed by atoms with Gasteiger partial charge in [0.2, 0.25) is 0 Å². The van der Waals surface area contributed by atoms with Gasteiger partial charge in [0, 0.05) is 0 Å². The molecule has 1 saturated heterocycles. The molecule has 0 saturated carbocycles. The third-order valence-electron chi connectivity index (χ3n) is 8.25. The van der Waals surface area contributed by atoms with Gasteiger partial charge in [-0.25, -0.2) is 0 Å². The Balaban J connectivity index is 1.34. The number of hydrogen-bond donors (Lipinski definition) is 0. The second-order valence-corrected chi connectivity index (χ2v) is 12.1. The summed E-state index contributed by atoms with van der Waals surface area (Å²) in [5, 5.41) is 0. The molecule has 0 N–H and O–H groups in total. The van der Waals surface area contributed by atoms with E-state index >= 15 is 0 Å². The Bertz CT molecular complexity index is 1570. The number of ether oxygens (including phenoxy) is 5. The number of methoxy groups -OCH3 is 1. The highest BCUT2D eigenvalue weighted by Crippen LogP contribution is 2.38. The molecule has 0 unspecified atom stereocenters. The molecule has 8 nitrogen and oxygen atoms in total. The smallest absolute Gasteiger partial charge is 0.262 e. The van der Waals surface area contributed by atoms with Gasteiger partial charge in [-0.2, -0.15) is 0 Å². The first-order chi connectivity index (χ1) is 22.6. The van der Waals surface area contributed by atoms with Crippen molar-refractivity contribution in [3.8, 4) is 5.75 Å². The van der Waals surface area contributed by atoms with Crippen molar-refractivity contribution in [1.29, 1.82) is 0 Å². The van der Waals surface area contributed by atoms with Crippen LogP contribution in [0.5, 0.6) is 5.75 Å². The van der Waals surface area contributed by atoms with Crippen molar-refractivity contribution < 1.29 is 33.3 Å². The van der Waals surface area contributed by atoms with Crippen LogP contribution < -0.4 is 4.74 Å². The SMILES string of the molecule is COc1ccc(CO[C@H]2[C@H](OCc3ccccc3)[C@@H](N3C(=O)c4ccccc4C3=O)[C@H](SC)O[C@@H]2COCc2ccccc2)cc1. The van der Waals surface area contributed by atoms with Crippen molar-refractivity contribution in [3.63, 3.8) is 0 Å². The van der Waals surface area contributed by atoms with Crippen LogP contribution in [-0.4, -0.2) is 66.5 Å². The third-order valence-corrected chi connectivity index (χ3v) is 9.11. The molecule has 0 aromatic heterocycles. The van der Waals surface area contributed by atoms with Gasteiger partial charge < -0.3 is 23.7 Å². The molecular weight excluding hydrogens is 602 g/mol. The second kappa shape index (κ2) is 15.1. The van der Waals surface area contributed by atoms with E-state index in [4.69, 9.17) is 23.7 Å². The molecule has 9 heteroatoms. The summed E-state index contributed by atoms with van der Waals surface area (Å²) in [5.41, 5.74) is 3.08. The lowest BCUT2D eigenvalue weighted by atomic mass is 9.95. The summed E-state index contributed by atoms with van der Waals surface area (Å²) in [6, 6.07) is 33.5. The fourth-order valence-electron chi connectivity index (χ4n) is 5.91. The largest absolute Gasteiger partial charge is 0.497 e. The molecule has 1 fully saturated rings. The van der Waals surface area contributed by atoms with Crippen molar-refractivity contribution >= 4 is 23.6 Å². The standard InChI is InChI=1S/C37H37NO7S/c1-41-28-19-17-27(18-20-28)23-43-33-31(24-42-21-25-11-5-3-6-12-25)45-37(46-2)32(34(33)44-22-26-13-7-4-8-14-26)38-35(39)29-15-9-10-16-30(29)36(38)40/h3-20,31-34,37H,21-24H2,1-2H3/t31-,32-,33-,34-,37+/m1/s1. The van der Waals surface area contributed by atoms with Crippen LogP contribution in [0.15, 0.2) is 109 Å². The summed E-state index contributed by atoms with van der Waals surface area (Å²) in [5.74, 6) is 0.0120. The average Bonchev–Trinajstić information content (AvgIpc) is 3.36. The fraction of sp³-hybridized carbons (Fsp3) is 0.297. The molecule has 46 heavy (non-hydrogen) atoms. The summed E-state index contributed by atoms with van der Waals surface area (Å²) in [6.07, 6.45) is -0.0482. The van der Waals surface area contributed by atoms with E-state index in [1.54, 1.807) is 31.4 Å². The highest BCUT2D eigenvalue weighted by Gasteiger charge is 2.54. The normalized spacial score (nSPS) is 22.6. The first kappa shape index (κ1) is 32.0. The monoisotopic (exact) mass is 639 g/mol. The lowest BCUT2D eigenvalue weighted by Crippen LogP contribution is -2.65. The number of hydrogen-bond acceptors (Lipinski definition) is 8. The Kier molecular flexibility index (Phi) is 10.5. The summed E-state index contributed by atoms with van der Waals surface area (Å²) in [4.78, 5) is 29.0. The second-order valence-electron chi connectivity index (χ2n) is 11.2. The first-order valence-electron chi connectivity index (χ1n) is 15.2. The highest BCUT2D eigenvalue weighted by atomic mass is 32.2. The van der Waals surface area contributed by atoms with E-state index in [-0.39, 0.29) is 31.6 Å². The number of carbonyl (C=O) groups excluding carboxylic acids is 2. The van der Waals surface area contributed by atoms with E-state index in [9.17, 15) is 9.59 Å². The predicted octanol–water partition coefficient (Wildman–Crippen LogP) is 6.14. The van der Waals surface area contributed by atoms with Crippen LogP contribution in [0.25, 0.3) is 0 Å². The maximum atomic E-state index is 13.9. The van der Waals surface area contributed by atoms with Crippen molar-refractivity contribution in [2.24, 2.45) is 0 Å². The van der Waals surface area contributed by atoms with Gasteiger partial charge in [0.15, 0.2) is 0 Å². The van der Waals surface area contributed by atoms with E-state index in [2.05, 4.69) is 0 Å². The van der Waals surface area contributed by atoms with E-state index in [1.165, 1.54) is 16.7 Å². The maximum Gasteiger partial charge on any atom is 0.262 e. The van der Waals surface area contributed by atoms with Crippen LogP contribution >= 0.6 is 11.8 Å². The number of amides is 2. The van der Waals surface area contributed by atoms with Gasteiger partial charge in [-0.3, -0.25) is 14.5 Å². The number of benzene rings is 4. The van der Waals surface area contributed by atoms with Gasteiger partial charge in [-0.1, -0.05) is 84.9 Å². The van der Waals surface area contributed by atoms with Crippen LogP contribution in [0, 0.1) is 0 Å². The van der Waals surface area contributed by atoms with Crippen LogP contribution in [0.3, 0.4) is 0 Å². The minimum absolute atomic E-state index is 0.221. The van der Waals surface area contributed by atoms with Crippen molar-refractivity contribution in [1.82, 2.24) is 4.90 Å². The predicted molar refractivity (Wildman–Crippen MR) is 176 cm³/mol. The molecule has 6 rings (SSSR count). The molecule has 4 aromatic rings. The molecule has 0 bridgehead atoms. The average molecular weight is 640 g/mol. The van der Waals surface area contributed by atoms with Gasteiger partial charge >= 0.3 is 0 Å². The van der Waals surface area contributed by atoms with Crippen molar-refractivity contribution in [2.45, 2.75) is 49.6 Å². The number of rotatable bonds is 13. The molecular formula is C37H37NO7S. The van der Waals surface area contributed by atoms with Crippen molar-refractivity contribution in [2.75, 3.05) is 20.0 Å². The number of imide groups is 1. The van der Waals surface area contributed by atoms with Gasteiger partial charge in [-0.15, -0.1) is 11.8 Å². The third kappa shape index (κ3) is 7.04. The molecule has 2 aliphatic heterocycles. The summed E-state index contributed by atoms with van der Waals surface area (Å²) < 4.78 is 31.6. The summed E-state index contributed by atoms with van der Waals surface area (Å²) >= 11 is 1.43. The van der Waals surface area contributed by atoms with E-state index in [0.29, 0.717) is 17.7 Å². The lowest BCUT2D eigenvalue weighted by Gasteiger charge is -2.48. The zero-order valence-corrected chi connectivity index (χ0v) is 26.6. The van der Waals surface area contributed by atoms with Gasteiger partial charge in [0.05, 0.1) is 44.7 Å². The summed E-state index contributed by atoms with van der Waals surface area (Å²) in [7, 11) is 1.63. The number of nitrogens with zero attached hydrogens (tertiary/aromatic N) is 1. The quantitative estimate of drug-likeness (QED) is 0.162. The minimum Gasteiger partial charge on any atom is -0.497 e. The zero-order chi connectivity index (χ0) is 31.9. The number of thioether (sulfide) groups is 1. The van der Waals surface area contributed by atoms with Crippen molar-refractivity contribution in [3.05, 3.63) is 137 Å². The lowest BCUT2D eigenvalue weighted by molar-refractivity contribution is -0.223. The molecule has 5 atom stereocenters. The summed E-state index contributed by atoms with van der Waals surface area (Å²) in [6.45, 7) is 1.12. The van der Waals surface area contributed by atoms with Gasteiger partial charge in [0.25, 0.3) is 11.8 Å². The topological polar surface area (TPSA) is 83.5 Å². The van der Waals surface area contributed by atoms with Crippen LogP contribution in [0.2, 0.25) is 0 Å². The fourth-order valence-corrected chi connectivity index (χ4v) is 6.72. The minimum atomic E-state index is -0.766. The van der Waals surface area contributed by atoms with Crippen LogP contribution in [-0.2, 0) is 38.8 Å². The molecule has 238 valence electrons. The van der Waals surface area contributed by atoms with Gasteiger partial charge in [-0.05, 0) is 47.2 Å². The van der Waals surface area contributed by atoms with Gasteiger partial charge in [0.1, 0.15) is 35.5 Å². The Morgan fingerprint density at radius 3 is 1.76 bits per heavy atom. The molecule has 2 aliphatic rings. The number of carbonyl (C=O) groups is 2. The molecule has 4 aromatic carbocycles. The molecule has 0 spiro atoms. The van der Waals surface area contributed by atoms with E-state index in [0.717, 1.165) is 22.4 Å². The number of fused-ring (bicyclic) bond motifs is 1. The Labute approximate surface area is 273 Å². The van der Waals surface area contributed by atoms with Crippen LogP contribution in [0.4, 0.5) is 0 Å². The Hall–Kier alpha value is -3.99. The van der Waals surface area contributed by atoms with E-state index < -0.39 is 29.8 Å². The Morgan fingerprint density at radius 1 is 0.674 bits per heavy atom. The zero-order valence-electron chi connectivity index (χ0n) is 25.8. The molecule has 0 radical (unpaired) electrons. The van der Waals surface area contributed by atoms with E-state index in [1.807, 2.05) is 91.2 Å². The first-order valence-corrected chi connectivity index (χ1v) is 16.5. The van der Waals surface area contributed by atoms with Crippen LogP contribution in [0.1, 0.15) is 37.4 Å².